The fourth-order valence-electron chi connectivity index (χ4n) is 2.12. The number of sulfonamides is 1. The highest BCUT2D eigenvalue weighted by Gasteiger charge is 2.20. The standard InChI is InChI=1S/C18H21NO3S/c1-4-12-22-17-7-5-6-16(13-17)14-19(3)23(20,21)18-10-8-15(2)9-11-18/h4-11,13H,1,12,14H2,2-3H3. The van der Waals surface area contributed by atoms with Crippen LogP contribution in [0.3, 0.4) is 0 Å². The topological polar surface area (TPSA) is 46.6 Å². The summed E-state index contributed by atoms with van der Waals surface area (Å²) in [7, 11) is -1.93. The van der Waals surface area contributed by atoms with E-state index in [1.165, 1.54) is 4.31 Å². The summed E-state index contributed by atoms with van der Waals surface area (Å²) in [6, 6.07) is 14.2. The predicted molar refractivity (Wildman–Crippen MR) is 92.0 cm³/mol. The molecule has 2 aromatic rings. The van der Waals surface area contributed by atoms with Crippen LogP contribution in [0.4, 0.5) is 0 Å². The van der Waals surface area contributed by atoms with Gasteiger partial charge in [-0.3, -0.25) is 0 Å². The van der Waals surface area contributed by atoms with Gasteiger partial charge >= 0.3 is 0 Å². The Morgan fingerprint density at radius 3 is 2.52 bits per heavy atom. The van der Waals surface area contributed by atoms with Gasteiger partial charge < -0.3 is 4.74 Å². The Morgan fingerprint density at radius 1 is 1.17 bits per heavy atom. The first-order valence-corrected chi connectivity index (χ1v) is 8.73. The van der Waals surface area contributed by atoms with E-state index in [4.69, 9.17) is 4.74 Å². The number of nitrogens with zero attached hydrogens (tertiary/aromatic N) is 1. The summed E-state index contributed by atoms with van der Waals surface area (Å²) in [5.41, 5.74) is 1.89. The highest BCUT2D eigenvalue weighted by atomic mass is 32.2. The maximum atomic E-state index is 12.6. The predicted octanol–water partition coefficient (Wildman–Crippen LogP) is 3.38. The first kappa shape index (κ1) is 17.2. The Kier molecular flexibility index (Phi) is 5.58. The fourth-order valence-corrected chi connectivity index (χ4v) is 3.28. The lowest BCUT2D eigenvalue weighted by Gasteiger charge is -2.18. The summed E-state index contributed by atoms with van der Waals surface area (Å²) in [6.45, 7) is 6.23. The summed E-state index contributed by atoms with van der Waals surface area (Å²) in [4.78, 5) is 0.296. The van der Waals surface area contributed by atoms with Crippen molar-refractivity contribution in [2.24, 2.45) is 0 Å². The fraction of sp³-hybridized carbons (Fsp3) is 0.222. The van der Waals surface area contributed by atoms with E-state index < -0.39 is 10.0 Å². The van der Waals surface area contributed by atoms with E-state index in [1.54, 1.807) is 37.4 Å². The zero-order valence-electron chi connectivity index (χ0n) is 13.4. The van der Waals surface area contributed by atoms with Crippen molar-refractivity contribution in [2.45, 2.75) is 18.4 Å². The third kappa shape index (κ3) is 4.43. The lowest BCUT2D eigenvalue weighted by atomic mass is 10.2. The molecule has 4 nitrogen and oxygen atoms in total. The molecule has 0 aromatic heterocycles. The quantitative estimate of drug-likeness (QED) is 0.731. The molecule has 0 atom stereocenters. The molecule has 5 heteroatoms. The van der Waals surface area contributed by atoms with Crippen LogP contribution in [-0.2, 0) is 16.6 Å². The molecule has 0 bridgehead atoms. The van der Waals surface area contributed by atoms with E-state index in [2.05, 4.69) is 6.58 Å². The Bertz CT molecular complexity index is 767. The van der Waals surface area contributed by atoms with Gasteiger partial charge in [0.05, 0.1) is 4.90 Å². The van der Waals surface area contributed by atoms with Crippen LogP contribution < -0.4 is 4.74 Å². The maximum Gasteiger partial charge on any atom is 0.243 e. The van der Waals surface area contributed by atoms with Crippen LogP contribution in [0.25, 0.3) is 0 Å². The smallest absolute Gasteiger partial charge is 0.243 e. The zero-order chi connectivity index (χ0) is 16.9. The normalized spacial score (nSPS) is 11.4. The van der Waals surface area contributed by atoms with Crippen LogP contribution in [0, 0.1) is 6.92 Å². The molecule has 0 aliphatic carbocycles. The minimum Gasteiger partial charge on any atom is -0.490 e. The van der Waals surface area contributed by atoms with Crippen molar-refractivity contribution in [1.29, 1.82) is 0 Å². The second-order valence-corrected chi connectivity index (χ2v) is 7.37. The molecule has 0 radical (unpaired) electrons. The Morgan fingerprint density at radius 2 is 1.87 bits per heavy atom. The summed E-state index contributed by atoms with van der Waals surface area (Å²) < 4.78 is 32.0. The molecule has 0 fully saturated rings. The highest BCUT2D eigenvalue weighted by Crippen LogP contribution is 2.19. The minimum atomic E-state index is -3.51. The summed E-state index contributed by atoms with van der Waals surface area (Å²) in [6.07, 6.45) is 1.67. The number of rotatable bonds is 7. The molecule has 0 heterocycles. The molecule has 122 valence electrons. The molecule has 0 saturated heterocycles. The molecule has 0 N–H and O–H groups in total. The zero-order valence-corrected chi connectivity index (χ0v) is 14.2. The van der Waals surface area contributed by atoms with Gasteiger partial charge in [0, 0.05) is 13.6 Å². The van der Waals surface area contributed by atoms with Crippen LogP contribution >= 0.6 is 0 Å². The first-order valence-electron chi connectivity index (χ1n) is 7.29. The number of benzene rings is 2. The maximum absolute atomic E-state index is 12.6. The molecule has 0 saturated carbocycles. The average Bonchev–Trinajstić information content (AvgIpc) is 2.53. The van der Waals surface area contributed by atoms with Crippen molar-refractivity contribution in [3.8, 4) is 5.75 Å². The second-order valence-electron chi connectivity index (χ2n) is 5.32. The molecule has 2 aromatic carbocycles. The van der Waals surface area contributed by atoms with E-state index in [1.807, 2.05) is 31.2 Å². The van der Waals surface area contributed by atoms with Crippen molar-refractivity contribution < 1.29 is 13.2 Å². The lowest BCUT2D eigenvalue weighted by molar-refractivity contribution is 0.362. The van der Waals surface area contributed by atoms with E-state index in [0.717, 1.165) is 11.1 Å². The first-order chi connectivity index (χ1) is 10.9. The summed E-state index contributed by atoms with van der Waals surface area (Å²) in [5.74, 6) is 0.698. The molecule has 23 heavy (non-hydrogen) atoms. The third-order valence-electron chi connectivity index (χ3n) is 3.40. The van der Waals surface area contributed by atoms with E-state index in [9.17, 15) is 8.42 Å². The van der Waals surface area contributed by atoms with Crippen molar-refractivity contribution >= 4 is 10.0 Å². The van der Waals surface area contributed by atoms with Crippen LogP contribution in [0.15, 0.2) is 66.1 Å². The van der Waals surface area contributed by atoms with Crippen LogP contribution in [0.1, 0.15) is 11.1 Å². The Labute approximate surface area is 138 Å². The van der Waals surface area contributed by atoms with E-state index >= 15 is 0 Å². The SMILES string of the molecule is C=CCOc1cccc(CN(C)S(=O)(=O)c2ccc(C)cc2)c1. The van der Waals surface area contributed by atoms with Gasteiger partial charge in [-0.2, -0.15) is 4.31 Å². The van der Waals surface area contributed by atoms with Gasteiger partial charge in [-0.25, -0.2) is 8.42 Å². The van der Waals surface area contributed by atoms with Crippen LogP contribution in [0.5, 0.6) is 5.75 Å². The molecule has 0 aliphatic heterocycles. The Balaban J connectivity index is 2.16. The molecular weight excluding hydrogens is 310 g/mol. The molecular formula is C18H21NO3S. The van der Waals surface area contributed by atoms with Crippen molar-refractivity contribution in [1.82, 2.24) is 4.31 Å². The average molecular weight is 331 g/mol. The van der Waals surface area contributed by atoms with Gasteiger partial charge in [0.25, 0.3) is 0 Å². The second kappa shape index (κ2) is 7.44. The van der Waals surface area contributed by atoms with Crippen LogP contribution in [-0.4, -0.2) is 26.4 Å². The monoisotopic (exact) mass is 331 g/mol. The van der Waals surface area contributed by atoms with Crippen LogP contribution in [0.2, 0.25) is 0 Å². The van der Waals surface area contributed by atoms with Gasteiger partial charge in [-0.1, -0.05) is 42.5 Å². The van der Waals surface area contributed by atoms with Crippen molar-refractivity contribution in [3.05, 3.63) is 72.3 Å². The molecule has 0 unspecified atom stereocenters. The van der Waals surface area contributed by atoms with Gasteiger partial charge in [-0.15, -0.1) is 0 Å². The minimum absolute atomic E-state index is 0.279. The number of ether oxygens (including phenoxy) is 1. The number of hydrogen-bond donors (Lipinski definition) is 0. The number of aryl methyl sites for hydroxylation is 1. The highest BCUT2D eigenvalue weighted by molar-refractivity contribution is 7.89. The molecule has 2 rings (SSSR count). The van der Waals surface area contributed by atoms with Gasteiger partial charge in [0.2, 0.25) is 10.0 Å². The molecule has 0 spiro atoms. The van der Waals surface area contributed by atoms with Gasteiger partial charge in [0.15, 0.2) is 0 Å². The van der Waals surface area contributed by atoms with Gasteiger partial charge in [-0.05, 0) is 36.8 Å². The van der Waals surface area contributed by atoms with E-state index in [0.29, 0.717) is 17.3 Å². The van der Waals surface area contributed by atoms with Gasteiger partial charge in [0.1, 0.15) is 12.4 Å². The molecule has 0 amide bonds. The largest absolute Gasteiger partial charge is 0.490 e. The van der Waals surface area contributed by atoms with Crippen molar-refractivity contribution in [3.63, 3.8) is 0 Å². The molecule has 0 aliphatic rings. The Hall–Kier alpha value is -2.11. The van der Waals surface area contributed by atoms with E-state index in [-0.39, 0.29) is 6.54 Å². The number of hydrogen-bond acceptors (Lipinski definition) is 3. The third-order valence-corrected chi connectivity index (χ3v) is 5.22. The van der Waals surface area contributed by atoms with Crippen molar-refractivity contribution in [2.75, 3.05) is 13.7 Å². The summed E-state index contributed by atoms with van der Waals surface area (Å²) in [5, 5.41) is 0. The lowest BCUT2D eigenvalue weighted by Crippen LogP contribution is -2.26. The summed E-state index contributed by atoms with van der Waals surface area (Å²) >= 11 is 0.